The first-order chi connectivity index (χ1) is 18.3. The fourth-order valence-electron chi connectivity index (χ4n) is 5.49. The van der Waals surface area contributed by atoms with Crippen LogP contribution in [-0.2, 0) is 6.42 Å². The third kappa shape index (κ3) is 5.59. The number of rotatable bonds is 7. The Morgan fingerprint density at radius 3 is 2.53 bits per heavy atom. The zero-order valence-corrected chi connectivity index (χ0v) is 22.1. The lowest BCUT2D eigenvalue weighted by molar-refractivity contribution is 0.0696. The molecular weight excluding hydrogens is 504 g/mol. The van der Waals surface area contributed by atoms with Crippen LogP contribution < -0.4 is 0 Å². The van der Waals surface area contributed by atoms with Crippen molar-refractivity contribution in [3.8, 4) is 0 Å². The van der Waals surface area contributed by atoms with Gasteiger partial charge in [0.25, 0.3) is 0 Å². The number of aryl methyl sites for hydroxylation is 1. The van der Waals surface area contributed by atoms with Crippen molar-refractivity contribution in [2.45, 2.75) is 39.0 Å². The predicted octanol–water partition coefficient (Wildman–Crippen LogP) is 8.00. The number of hydrogen-bond acceptors (Lipinski definition) is 2. The Labute approximate surface area is 227 Å². The van der Waals surface area contributed by atoms with Gasteiger partial charge in [-0.2, -0.15) is 0 Å². The summed E-state index contributed by atoms with van der Waals surface area (Å²) in [5.41, 5.74) is 10.3. The van der Waals surface area contributed by atoms with Gasteiger partial charge >= 0.3 is 5.97 Å². The van der Waals surface area contributed by atoms with E-state index >= 15 is 0 Å². The molecule has 3 nitrogen and oxygen atoms in total. The van der Waals surface area contributed by atoms with Crippen LogP contribution in [0.15, 0.2) is 66.2 Å². The third-order valence-corrected chi connectivity index (χ3v) is 7.89. The summed E-state index contributed by atoms with van der Waals surface area (Å²) in [6.07, 6.45) is 2.37. The van der Waals surface area contributed by atoms with Crippen LogP contribution in [0.3, 0.4) is 0 Å². The maximum atomic E-state index is 12.5. The second-order valence-corrected chi connectivity index (χ2v) is 10.5. The van der Waals surface area contributed by atoms with E-state index in [1.54, 1.807) is 12.1 Å². The van der Waals surface area contributed by atoms with Crippen LogP contribution in [0.2, 0.25) is 5.02 Å². The first kappa shape index (κ1) is 26.3. The van der Waals surface area contributed by atoms with Gasteiger partial charge in [0.05, 0.1) is 5.56 Å². The Bertz CT molecular complexity index is 1420. The Morgan fingerprint density at radius 1 is 1.05 bits per heavy atom. The maximum absolute atomic E-state index is 12.5. The van der Waals surface area contributed by atoms with Crippen LogP contribution >= 0.6 is 11.6 Å². The van der Waals surface area contributed by atoms with Gasteiger partial charge in [0.1, 0.15) is 0 Å². The molecule has 38 heavy (non-hydrogen) atoms. The van der Waals surface area contributed by atoms with E-state index in [0.717, 1.165) is 76.3 Å². The fraction of sp³-hybridized carbons (Fsp3) is 0.281. The fourth-order valence-corrected chi connectivity index (χ4v) is 5.67. The molecule has 1 aliphatic heterocycles. The Kier molecular flexibility index (Phi) is 7.78. The average Bonchev–Trinajstić information content (AvgIpc) is 3.06. The van der Waals surface area contributed by atoms with Crippen LogP contribution in [0.1, 0.15) is 63.0 Å². The number of hydrogen-bond donors (Lipinski definition) is 1. The average molecular weight is 534 g/mol. The maximum Gasteiger partial charge on any atom is 0.335 e. The van der Waals surface area contributed by atoms with Gasteiger partial charge < -0.3 is 5.11 Å². The summed E-state index contributed by atoms with van der Waals surface area (Å²) >= 11 is 6.52. The number of halogens is 3. The summed E-state index contributed by atoms with van der Waals surface area (Å²) in [4.78, 5) is 13.7. The van der Waals surface area contributed by atoms with Gasteiger partial charge in [-0.05, 0) is 94.5 Å². The number of allylic oxidation sites excluding steroid dienone is 1. The second-order valence-electron chi connectivity index (χ2n) is 10.1. The molecule has 6 heteroatoms. The summed E-state index contributed by atoms with van der Waals surface area (Å²) in [5.74, 6) is -0.922. The van der Waals surface area contributed by atoms with Gasteiger partial charge in [0, 0.05) is 31.1 Å². The highest BCUT2D eigenvalue weighted by molar-refractivity contribution is 6.31. The van der Waals surface area contributed by atoms with Crippen molar-refractivity contribution in [2.24, 2.45) is 0 Å². The Hall–Kier alpha value is -3.28. The zero-order valence-electron chi connectivity index (χ0n) is 21.3. The molecule has 3 aromatic rings. The lowest BCUT2D eigenvalue weighted by Crippen LogP contribution is -2.40. The molecule has 0 amide bonds. The zero-order chi connectivity index (χ0) is 26.8. The van der Waals surface area contributed by atoms with Crippen LogP contribution in [-0.4, -0.2) is 42.0 Å². The quantitative estimate of drug-likeness (QED) is 0.334. The third-order valence-electron chi connectivity index (χ3n) is 7.48. The molecule has 0 saturated carbocycles. The van der Waals surface area contributed by atoms with Crippen molar-refractivity contribution in [2.75, 3.05) is 19.6 Å². The number of carbonyl (C=O) groups is 1. The first-order valence-electron chi connectivity index (χ1n) is 13.0. The summed E-state index contributed by atoms with van der Waals surface area (Å²) in [5, 5.41) is 10.3. The van der Waals surface area contributed by atoms with Crippen LogP contribution in [0, 0.1) is 6.92 Å². The predicted molar refractivity (Wildman–Crippen MR) is 150 cm³/mol. The number of benzene rings is 3. The van der Waals surface area contributed by atoms with Gasteiger partial charge in [-0.3, -0.25) is 4.90 Å². The Morgan fingerprint density at radius 2 is 1.82 bits per heavy atom. The summed E-state index contributed by atoms with van der Waals surface area (Å²) in [6, 6.07) is 19.9. The van der Waals surface area contributed by atoms with Gasteiger partial charge in [-0.15, -0.1) is 0 Å². The number of nitrogens with zero attached hydrogens (tertiary/aromatic N) is 1. The van der Waals surface area contributed by atoms with E-state index in [1.807, 2.05) is 30.0 Å². The van der Waals surface area contributed by atoms with E-state index in [9.17, 15) is 18.7 Å². The molecule has 1 fully saturated rings. The minimum Gasteiger partial charge on any atom is -0.478 e. The minimum atomic E-state index is -2.25. The highest BCUT2D eigenvalue weighted by Crippen LogP contribution is 2.42. The van der Waals surface area contributed by atoms with Gasteiger partial charge in [-0.1, -0.05) is 60.1 Å². The largest absolute Gasteiger partial charge is 0.478 e. The normalized spacial score (nSPS) is 15.8. The molecule has 0 spiro atoms. The van der Waals surface area contributed by atoms with E-state index in [2.05, 4.69) is 36.4 Å². The molecule has 0 bridgehead atoms. The van der Waals surface area contributed by atoms with Crippen molar-refractivity contribution in [3.05, 3.63) is 110 Å². The number of aromatic carboxylic acids is 1. The van der Waals surface area contributed by atoms with E-state index in [-0.39, 0.29) is 6.42 Å². The topological polar surface area (TPSA) is 40.5 Å². The van der Waals surface area contributed by atoms with E-state index in [1.165, 1.54) is 11.1 Å². The van der Waals surface area contributed by atoms with Crippen LogP contribution in [0.5, 0.6) is 0 Å². The number of alkyl halides is 2. The van der Waals surface area contributed by atoms with Crippen molar-refractivity contribution in [1.29, 1.82) is 0 Å². The molecule has 3 aromatic carbocycles. The molecule has 1 N–H and O–H groups in total. The van der Waals surface area contributed by atoms with Gasteiger partial charge in [0.15, 0.2) is 0 Å². The second kappa shape index (κ2) is 11.2. The molecular formula is C32H30ClF2NO2. The van der Waals surface area contributed by atoms with Crippen molar-refractivity contribution < 1.29 is 18.7 Å². The number of carboxylic acid groups (broad SMARTS) is 1. The van der Waals surface area contributed by atoms with Gasteiger partial charge in [0.2, 0.25) is 6.43 Å². The minimum absolute atomic E-state index is 0.0824. The number of carboxylic acids is 1. The van der Waals surface area contributed by atoms with Crippen LogP contribution in [0.25, 0.3) is 17.2 Å². The van der Waals surface area contributed by atoms with Crippen molar-refractivity contribution in [3.63, 3.8) is 0 Å². The SMILES string of the molecule is Cc1c(Cl)cccc1C1=C(c2ccc(C=C3CN(CCC(F)F)C3)cc2)c2ccc(C(=O)O)cc2CCC1. The van der Waals surface area contributed by atoms with Gasteiger partial charge in [-0.25, -0.2) is 13.6 Å². The molecule has 0 atom stereocenters. The smallest absolute Gasteiger partial charge is 0.335 e. The molecule has 0 unspecified atom stereocenters. The van der Waals surface area contributed by atoms with Crippen molar-refractivity contribution >= 4 is 34.8 Å². The first-order valence-corrected chi connectivity index (χ1v) is 13.3. The molecule has 1 aliphatic carbocycles. The molecule has 0 aromatic heterocycles. The number of fused-ring (bicyclic) bond motifs is 1. The monoisotopic (exact) mass is 533 g/mol. The van der Waals surface area contributed by atoms with E-state index in [0.29, 0.717) is 12.1 Å². The molecule has 5 rings (SSSR count). The molecule has 2 aliphatic rings. The molecule has 1 heterocycles. The summed E-state index contributed by atoms with van der Waals surface area (Å²) in [7, 11) is 0. The van der Waals surface area contributed by atoms with Crippen LogP contribution in [0.4, 0.5) is 8.78 Å². The highest BCUT2D eigenvalue weighted by Gasteiger charge is 2.23. The molecule has 1 saturated heterocycles. The number of likely N-dealkylation sites (tertiary alicyclic amines) is 1. The Balaban J connectivity index is 1.53. The highest BCUT2D eigenvalue weighted by atomic mass is 35.5. The van der Waals surface area contributed by atoms with E-state index < -0.39 is 12.4 Å². The lowest BCUT2D eigenvalue weighted by Gasteiger charge is -2.34. The summed E-state index contributed by atoms with van der Waals surface area (Å²) < 4.78 is 24.9. The molecule has 0 radical (unpaired) electrons. The lowest BCUT2D eigenvalue weighted by atomic mass is 9.86. The van der Waals surface area contributed by atoms with E-state index in [4.69, 9.17) is 11.6 Å². The van der Waals surface area contributed by atoms with Crippen molar-refractivity contribution in [1.82, 2.24) is 4.90 Å². The summed E-state index contributed by atoms with van der Waals surface area (Å²) in [6.45, 7) is 3.94. The molecule has 196 valence electrons. The standard InChI is InChI=1S/C32H30ClF2NO2/c1-20-26(5-3-7-29(20)33)28-6-2-4-24-17-25(32(37)38)12-13-27(24)31(28)23-10-8-21(9-11-23)16-22-18-36(19-22)15-14-30(34)35/h3,5,7-13,16-17,30H,2,4,6,14-15,18-19H2,1H3,(H,37,38).